The minimum atomic E-state index is -0.871. The second kappa shape index (κ2) is 9.61. The number of benzene rings is 2. The van der Waals surface area contributed by atoms with Crippen LogP contribution in [0, 0.1) is 10.1 Å². The number of rotatable bonds is 8. The van der Waals surface area contributed by atoms with Gasteiger partial charge in [0.05, 0.1) is 22.6 Å². The number of ketones is 1. The van der Waals surface area contributed by atoms with Gasteiger partial charge in [-0.2, -0.15) is 0 Å². The smallest absolute Gasteiger partial charge is 0.295 e. The molecule has 9 heteroatoms. The lowest BCUT2D eigenvalue weighted by Crippen LogP contribution is -2.31. The van der Waals surface area contributed by atoms with E-state index < -0.39 is 28.4 Å². The van der Waals surface area contributed by atoms with Gasteiger partial charge in [0.2, 0.25) is 0 Å². The number of carbonyl (C=O) groups excluding carboxylic acids is 2. The molecule has 2 N–H and O–H groups in total. The summed E-state index contributed by atoms with van der Waals surface area (Å²) in [5, 5.41) is 31.5. The van der Waals surface area contributed by atoms with Crippen LogP contribution in [0.4, 0.5) is 5.69 Å². The van der Waals surface area contributed by atoms with Gasteiger partial charge in [0.25, 0.3) is 17.4 Å². The Morgan fingerprint density at radius 2 is 1.75 bits per heavy atom. The van der Waals surface area contributed by atoms with Crippen molar-refractivity contribution < 1.29 is 29.5 Å². The Labute approximate surface area is 184 Å². The molecule has 1 aliphatic rings. The van der Waals surface area contributed by atoms with Gasteiger partial charge in [-0.15, -0.1) is 0 Å². The monoisotopic (exact) mass is 440 g/mol. The maximum Gasteiger partial charge on any atom is 0.295 e. The normalized spacial score (nSPS) is 17.8. The maximum absolute atomic E-state index is 12.9. The van der Waals surface area contributed by atoms with E-state index in [4.69, 9.17) is 4.74 Å². The van der Waals surface area contributed by atoms with Gasteiger partial charge in [-0.1, -0.05) is 12.1 Å². The largest absolute Gasteiger partial charge is 0.508 e. The Morgan fingerprint density at radius 3 is 2.31 bits per heavy atom. The van der Waals surface area contributed by atoms with Crippen LogP contribution >= 0.6 is 0 Å². The summed E-state index contributed by atoms with van der Waals surface area (Å²) in [6, 6.07) is 10.2. The summed E-state index contributed by atoms with van der Waals surface area (Å²) in [5.74, 6) is -2.00. The fraction of sp³-hybridized carbons (Fsp3) is 0.304. The van der Waals surface area contributed by atoms with Crippen LogP contribution in [0.1, 0.15) is 37.4 Å². The number of phenols is 1. The van der Waals surface area contributed by atoms with Crippen LogP contribution in [0.25, 0.3) is 5.76 Å². The third kappa shape index (κ3) is 4.78. The van der Waals surface area contributed by atoms with E-state index in [9.17, 15) is 29.9 Å². The first-order chi connectivity index (χ1) is 15.2. The number of nitro benzene ring substituents is 1. The highest BCUT2D eigenvalue weighted by molar-refractivity contribution is 6.46. The summed E-state index contributed by atoms with van der Waals surface area (Å²) in [7, 11) is 0. The SMILES string of the molecule is CC(C)OCCCN1C(=O)C(=O)C(=C(O)c2ccc([N+](=O)[O-])cc2)[C@@H]1c1ccc(O)cc1. The molecule has 2 aromatic rings. The number of ether oxygens (including phenoxy) is 1. The first kappa shape index (κ1) is 23.0. The van der Waals surface area contributed by atoms with Crippen LogP contribution in [0.5, 0.6) is 5.75 Å². The van der Waals surface area contributed by atoms with Crippen molar-refractivity contribution in [2.75, 3.05) is 13.2 Å². The van der Waals surface area contributed by atoms with Gasteiger partial charge in [-0.3, -0.25) is 19.7 Å². The van der Waals surface area contributed by atoms with Gasteiger partial charge in [0.1, 0.15) is 11.5 Å². The average Bonchev–Trinajstić information content (AvgIpc) is 3.01. The molecule has 0 saturated carbocycles. The van der Waals surface area contributed by atoms with Crippen molar-refractivity contribution in [3.8, 4) is 5.75 Å². The van der Waals surface area contributed by atoms with Crippen LogP contribution in [0.15, 0.2) is 54.1 Å². The third-order valence-electron chi connectivity index (χ3n) is 5.09. The van der Waals surface area contributed by atoms with Crippen molar-refractivity contribution in [3.63, 3.8) is 0 Å². The summed E-state index contributed by atoms with van der Waals surface area (Å²) in [6.45, 7) is 4.41. The molecule has 2 aromatic carbocycles. The van der Waals surface area contributed by atoms with E-state index in [2.05, 4.69) is 0 Å². The zero-order chi connectivity index (χ0) is 23.4. The Kier molecular flexibility index (Phi) is 6.89. The van der Waals surface area contributed by atoms with E-state index in [0.29, 0.717) is 18.6 Å². The van der Waals surface area contributed by atoms with E-state index in [0.717, 1.165) is 0 Å². The quantitative estimate of drug-likeness (QED) is 0.160. The van der Waals surface area contributed by atoms with Gasteiger partial charge in [0.15, 0.2) is 0 Å². The van der Waals surface area contributed by atoms with Gasteiger partial charge in [-0.25, -0.2) is 0 Å². The molecule has 0 aliphatic carbocycles. The summed E-state index contributed by atoms with van der Waals surface area (Å²) < 4.78 is 5.52. The van der Waals surface area contributed by atoms with Crippen molar-refractivity contribution >= 4 is 23.1 Å². The number of aromatic hydroxyl groups is 1. The van der Waals surface area contributed by atoms with Crippen LogP contribution in [0.2, 0.25) is 0 Å². The summed E-state index contributed by atoms with van der Waals surface area (Å²) in [5.41, 5.74) is 0.442. The van der Waals surface area contributed by atoms with Gasteiger partial charge in [-0.05, 0) is 50.1 Å². The van der Waals surface area contributed by atoms with Crippen molar-refractivity contribution in [3.05, 3.63) is 75.3 Å². The fourth-order valence-corrected chi connectivity index (χ4v) is 3.56. The lowest BCUT2D eigenvalue weighted by atomic mass is 9.95. The number of aliphatic hydroxyl groups excluding tert-OH is 1. The molecule has 0 aromatic heterocycles. The van der Waals surface area contributed by atoms with Crippen LogP contribution in [0.3, 0.4) is 0 Å². The highest BCUT2D eigenvalue weighted by atomic mass is 16.6. The Hall–Kier alpha value is -3.72. The van der Waals surface area contributed by atoms with Gasteiger partial charge in [0, 0.05) is 30.8 Å². The van der Waals surface area contributed by atoms with E-state index in [1.807, 2.05) is 13.8 Å². The molecular weight excluding hydrogens is 416 g/mol. The second-order valence-electron chi connectivity index (χ2n) is 7.66. The predicted molar refractivity (Wildman–Crippen MR) is 116 cm³/mol. The molecular formula is C23H24N2O7. The second-order valence-corrected chi connectivity index (χ2v) is 7.66. The number of nitro groups is 1. The van der Waals surface area contributed by atoms with E-state index in [1.165, 1.54) is 41.3 Å². The first-order valence-corrected chi connectivity index (χ1v) is 10.1. The Morgan fingerprint density at radius 1 is 1.12 bits per heavy atom. The highest BCUT2D eigenvalue weighted by Gasteiger charge is 2.45. The zero-order valence-corrected chi connectivity index (χ0v) is 17.7. The number of aliphatic hydroxyl groups is 1. The molecule has 1 fully saturated rings. The minimum Gasteiger partial charge on any atom is -0.508 e. The standard InChI is InChI=1S/C23H24N2O7/c1-14(2)32-13-3-12-24-20(15-6-10-18(26)11-7-15)19(22(28)23(24)29)21(27)16-4-8-17(9-5-16)25(30)31/h4-11,14,20,26-27H,3,12-13H2,1-2H3/t20-/m0/s1. The molecule has 3 rings (SSSR count). The lowest BCUT2D eigenvalue weighted by Gasteiger charge is -2.25. The molecule has 1 saturated heterocycles. The Bertz CT molecular complexity index is 1040. The van der Waals surface area contributed by atoms with Crippen LogP contribution in [-0.4, -0.2) is 51.0 Å². The summed E-state index contributed by atoms with van der Waals surface area (Å²) >= 11 is 0. The van der Waals surface area contributed by atoms with E-state index in [-0.39, 0.29) is 35.2 Å². The Balaban J connectivity index is 2.02. The molecule has 0 unspecified atom stereocenters. The first-order valence-electron chi connectivity index (χ1n) is 10.1. The fourth-order valence-electron chi connectivity index (χ4n) is 3.56. The van der Waals surface area contributed by atoms with Gasteiger partial charge >= 0.3 is 0 Å². The summed E-state index contributed by atoms with van der Waals surface area (Å²) in [4.78, 5) is 37.4. The number of carbonyl (C=O) groups is 2. The molecule has 32 heavy (non-hydrogen) atoms. The molecule has 1 aliphatic heterocycles. The molecule has 1 amide bonds. The molecule has 0 radical (unpaired) electrons. The number of Topliss-reactive ketones (excluding diaryl/α,β-unsaturated/α-hetero) is 1. The van der Waals surface area contributed by atoms with Crippen LogP contribution < -0.4 is 0 Å². The molecule has 168 valence electrons. The molecule has 0 bridgehead atoms. The lowest BCUT2D eigenvalue weighted by molar-refractivity contribution is -0.384. The number of phenolic OH excluding ortho intramolecular Hbond substituents is 1. The minimum absolute atomic E-state index is 0.0198. The number of amides is 1. The van der Waals surface area contributed by atoms with Crippen molar-refractivity contribution in [2.45, 2.75) is 32.4 Å². The third-order valence-corrected chi connectivity index (χ3v) is 5.09. The topological polar surface area (TPSA) is 130 Å². The van der Waals surface area contributed by atoms with Crippen molar-refractivity contribution in [1.82, 2.24) is 4.90 Å². The zero-order valence-electron chi connectivity index (χ0n) is 17.7. The molecule has 0 spiro atoms. The molecule has 9 nitrogen and oxygen atoms in total. The molecule has 1 atom stereocenters. The van der Waals surface area contributed by atoms with Crippen LogP contribution in [-0.2, 0) is 14.3 Å². The van der Waals surface area contributed by atoms with Gasteiger partial charge < -0.3 is 19.8 Å². The van der Waals surface area contributed by atoms with Crippen molar-refractivity contribution in [1.29, 1.82) is 0 Å². The number of non-ortho nitro benzene ring substituents is 1. The van der Waals surface area contributed by atoms with E-state index >= 15 is 0 Å². The molecule has 1 heterocycles. The number of hydrogen-bond acceptors (Lipinski definition) is 7. The average molecular weight is 440 g/mol. The van der Waals surface area contributed by atoms with E-state index in [1.54, 1.807) is 12.1 Å². The van der Waals surface area contributed by atoms with Crippen molar-refractivity contribution in [2.24, 2.45) is 0 Å². The summed E-state index contributed by atoms with van der Waals surface area (Å²) in [6.07, 6.45) is 0.512. The maximum atomic E-state index is 12.9. The predicted octanol–water partition coefficient (Wildman–Crippen LogP) is 3.54. The number of hydrogen-bond donors (Lipinski definition) is 2. The number of nitrogens with zero attached hydrogens (tertiary/aromatic N) is 2. The highest BCUT2D eigenvalue weighted by Crippen LogP contribution is 2.40. The number of likely N-dealkylation sites (tertiary alicyclic amines) is 1.